The monoisotopic (exact) mass is 381 g/mol. The van der Waals surface area contributed by atoms with E-state index in [0.717, 1.165) is 12.8 Å². The normalized spacial score (nSPS) is 18.8. The maximum Gasteiger partial charge on any atom is 0.253 e. The van der Waals surface area contributed by atoms with Gasteiger partial charge in [-0.25, -0.2) is 4.39 Å². The van der Waals surface area contributed by atoms with Crippen LogP contribution in [-0.2, 0) is 9.59 Å². The van der Waals surface area contributed by atoms with Crippen molar-refractivity contribution in [3.63, 3.8) is 0 Å². The van der Waals surface area contributed by atoms with E-state index < -0.39 is 5.92 Å². The highest BCUT2D eigenvalue weighted by atomic mass is 19.1. The molecule has 144 valence electrons. The van der Waals surface area contributed by atoms with E-state index in [0.29, 0.717) is 16.9 Å². The van der Waals surface area contributed by atoms with Gasteiger partial charge in [-0.05, 0) is 49.2 Å². The Balaban J connectivity index is 1.45. The molecule has 0 bridgehead atoms. The second-order valence-corrected chi connectivity index (χ2v) is 7.16. The summed E-state index contributed by atoms with van der Waals surface area (Å²) in [5.41, 5.74) is 1.40. The summed E-state index contributed by atoms with van der Waals surface area (Å²) in [5, 5.41) is 5.70. The van der Waals surface area contributed by atoms with Gasteiger partial charge < -0.3 is 15.5 Å². The van der Waals surface area contributed by atoms with Crippen molar-refractivity contribution in [1.82, 2.24) is 5.32 Å². The van der Waals surface area contributed by atoms with Gasteiger partial charge in [0.25, 0.3) is 5.91 Å². The van der Waals surface area contributed by atoms with Crippen LogP contribution < -0.4 is 15.5 Å². The topological polar surface area (TPSA) is 78.5 Å². The standard InChI is InChI=1S/C21H20FN3O3/c22-14-5-9-16(10-6-14)25-12-13(11-19(25)26)20(27)24-18-4-2-1-3-17(18)21(28)23-15-7-8-15/h1-6,9-10,13,15H,7-8,11-12H2,(H,23,28)(H,24,27)/t13-/m0/s1. The van der Waals surface area contributed by atoms with Crippen LogP contribution in [0, 0.1) is 11.7 Å². The molecule has 0 unspecified atom stereocenters. The average Bonchev–Trinajstić information content (AvgIpc) is 3.41. The Morgan fingerprint density at radius 2 is 1.75 bits per heavy atom. The molecule has 0 spiro atoms. The van der Waals surface area contributed by atoms with Crippen LogP contribution >= 0.6 is 0 Å². The van der Waals surface area contributed by atoms with Crippen molar-refractivity contribution in [2.24, 2.45) is 5.92 Å². The van der Waals surface area contributed by atoms with Gasteiger partial charge >= 0.3 is 0 Å². The number of carbonyl (C=O) groups excluding carboxylic acids is 3. The van der Waals surface area contributed by atoms with Crippen LogP contribution in [-0.4, -0.2) is 30.3 Å². The third-order valence-corrected chi connectivity index (χ3v) is 4.98. The highest BCUT2D eigenvalue weighted by Crippen LogP contribution is 2.27. The van der Waals surface area contributed by atoms with Crippen molar-refractivity contribution < 1.29 is 18.8 Å². The molecule has 4 rings (SSSR count). The zero-order valence-corrected chi connectivity index (χ0v) is 15.2. The molecular formula is C21H20FN3O3. The number of carbonyl (C=O) groups is 3. The molecule has 1 heterocycles. The molecule has 2 aromatic rings. The Hall–Kier alpha value is -3.22. The molecule has 1 aliphatic heterocycles. The van der Waals surface area contributed by atoms with Crippen molar-refractivity contribution in [3.8, 4) is 0 Å². The number of rotatable bonds is 5. The van der Waals surface area contributed by atoms with E-state index in [1.165, 1.54) is 29.2 Å². The predicted octanol–water partition coefficient (Wildman–Crippen LogP) is 2.71. The zero-order chi connectivity index (χ0) is 19.7. The maximum atomic E-state index is 13.1. The largest absolute Gasteiger partial charge is 0.349 e. The van der Waals surface area contributed by atoms with E-state index in [9.17, 15) is 18.8 Å². The molecule has 2 N–H and O–H groups in total. The highest BCUT2D eigenvalue weighted by Gasteiger charge is 2.35. The van der Waals surface area contributed by atoms with Gasteiger partial charge in [-0.2, -0.15) is 0 Å². The van der Waals surface area contributed by atoms with Crippen LogP contribution in [0.2, 0.25) is 0 Å². The van der Waals surface area contributed by atoms with Crippen LogP contribution in [0.25, 0.3) is 0 Å². The first-order valence-electron chi connectivity index (χ1n) is 9.28. The van der Waals surface area contributed by atoms with E-state index in [1.54, 1.807) is 24.3 Å². The Bertz CT molecular complexity index is 925. The fraction of sp³-hybridized carbons (Fsp3) is 0.286. The summed E-state index contributed by atoms with van der Waals surface area (Å²) in [7, 11) is 0. The minimum atomic E-state index is -0.544. The second-order valence-electron chi connectivity index (χ2n) is 7.16. The molecule has 1 aliphatic carbocycles. The van der Waals surface area contributed by atoms with E-state index >= 15 is 0 Å². The lowest BCUT2D eigenvalue weighted by molar-refractivity contribution is -0.122. The van der Waals surface area contributed by atoms with Crippen molar-refractivity contribution in [1.29, 1.82) is 0 Å². The summed E-state index contributed by atoms with van der Waals surface area (Å²) in [5.74, 6) is -1.65. The lowest BCUT2D eigenvalue weighted by Gasteiger charge is -2.17. The molecular weight excluding hydrogens is 361 g/mol. The van der Waals surface area contributed by atoms with Gasteiger partial charge in [0.15, 0.2) is 0 Å². The fourth-order valence-electron chi connectivity index (χ4n) is 3.27. The number of benzene rings is 2. The number of anilines is 2. The van der Waals surface area contributed by atoms with Gasteiger partial charge in [0.2, 0.25) is 11.8 Å². The van der Waals surface area contributed by atoms with Crippen molar-refractivity contribution >= 4 is 29.1 Å². The highest BCUT2D eigenvalue weighted by molar-refractivity contribution is 6.07. The van der Waals surface area contributed by atoms with Gasteiger partial charge in [0, 0.05) is 24.7 Å². The molecule has 7 heteroatoms. The first kappa shape index (κ1) is 18.2. The third-order valence-electron chi connectivity index (χ3n) is 4.98. The van der Waals surface area contributed by atoms with Crippen molar-refractivity contribution in [3.05, 3.63) is 59.9 Å². The van der Waals surface area contributed by atoms with Crippen molar-refractivity contribution in [2.75, 3.05) is 16.8 Å². The van der Waals surface area contributed by atoms with Crippen LogP contribution in [0.4, 0.5) is 15.8 Å². The minimum Gasteiger partial charge on any atom is -0.349 e. The lowest BCUT2D eigenvalue weighted by Crippen LogP contribution is -2.30. The molecule has 1 saturated heterocycles. The average molecular weight is 381 g/mol. The number of nitrogens with one attached hydrogen (secondary N) is 2. The molecule has 6 nitrogen and oxygen atoms in total. The van der Waals surface area contributed by atoms with Crippen LogP contribution in [0.5, 0.6) is 0 Å². The van der Waals surface area contributed by atoms with Crippen LogP contribution in [0.15, 0.2) is 48.5 Å². The Morgan fingerprint density at radius 1 is 1.04 bits per heavy atom. The van der Waals surface area contributed by atoms with Gasteiger partial charge in [0.1, 0.15) is 5.82 Å². The Morgan fingerprint density at radius 3 is 2.46 bits per heavy atom. The number of hydrogen-bond donors (Lipinski definition) is 2. The Labute approximate surface area is 161 Å². The zero-order valence-electron chi connectivity index (χ0n) is 15.2. The van der Waals surface area contributed by atoms with Gasteiger partial charge in [-0.15, -0.1) is 0 Å². The smallest absolute Gasteiger partial charge is 0.253 e. The maximum absolute atomic E-state index is 13.1. The van der Waals surface area contributed by atoms with Gasteiger partial charge in [-0.3, -0.25) is 14.4 Å². The quantitative estimate of drug-likeness (QED) is 0.836. The molecule has 0 radical (unpaired) electrons. The number of halogens is 1. The minimum absolute atomic E-state index is 0.0691. The summed E-state index contributed by atoms with van der Waals surface area (Å²) in [6, 6.07) is 12.6. The third kappa shape index (κ3) is 3.88. The van der Waals surface area contributed by atoms with E-state index in [1.807, 2.05) is 0 Å². The SMILES string of the molecule is O=C(NC1CC1)c1ccccc1NC(=O)[C@H]1CC(=O)N(c2ccc(F)cc2)C1. The molecule has 2 aliphatic rings. The van der Waals surface area contributed by atoms with Gasteiger partial charge in [0.05, 0.1) is 17.2 Å². The summed E-state index contributed by atoms with van der Waals surface area (Å²) < 4.78 is 13.1. The van der Waals surface area contributed by atoms with Crippen molar-refractivity contribution in [2.45, 2.75) is 25.3 Å². The molecule has 1 atom stereocenters. The van der Waals surface area contributed by atoms with Gasteiger partial charge in [-0.1, -0.05) is 12.1 Å². The summed E-state index contributed by atoms with van der Waals surface area (Å²) in [4.78, 5) is 38.9. The molecule has 2 aromatic carbocycles. The van der Waals surface area contributed by atoms with E-state index in [-0.39, 0.29) is 42.5 Å². The van der Waals surface area contributed by atoms with E-state index in [2.05, 4.69) is 10.6 Å². The second kappa shape index (κ2) is 7.42. The first-order chi connectivity index (χ1) is 13.5. The van der Waals surface area contributed by atoms with Crippen LogP contribution in [0.1, 0.15) is 29.6 Å². The molecule has 3 amide bonds. The fourth-order valence-corrected chi connectivity index (χ4v) is 3.27. The molecule has 0 aromatic heterocycles. The molecule has 1 saturated carbocycles. The lowest BCUT2D eigenvalue weighted by atomic mass is 10.1. The number of hydrogen-bond acceptors (Lipinski definition) is 3. The molecule has 28 heavy (non-hydrogen) atoms. The summed E-state index contributed by atoms with van der Waals surface area (Å²) >= 11 is 0. The number of amides is 3. The number of para-hydroxylation sites is 1. The summed E-state index contributed by atoms with van der Waals surface area (Å²) in [6.07, 6.45) is 2.02. The van der Waals surface area contributed by atoms with E-state index in [4.69, 9.17) is 0 Å². The summed E-state index contributed by atoms with van der Waals surface area (Å²) in [6.45, 7) is 0.215. The first-order valence-corrected chi connectivity index (χ1v) is 9.28. The number of nitrogens with zero attached hydrogens (tertiary/aromatic N) is 1. The van der Waals surface area contributed by atoms with Crippen LogP contribution in [0.3, 0.4) is 0 Å². The predicted molar refractivity (Wildman–Crippen MR) is 102 cm³/mol. The Kier molecular flexibility index (Phi) is 4.81. The molecule has 2 fully saturated rings.